The molecule has 0 saturated heterocycles. The van der Waals surface area contributed by atoms with E-state index in [-0.39, 0.29) is 25.0 Å². The van der Waals surface area contributed by atoms with Gasteiger partial charge in [-0.3, -0.25) is 9.59 Å². The Morgan fingerprint density at radius 3 is 2.19 bits per heavy atom. The quantitative estimate of drug-likeness (QED) is 0.292. The van der Waals surface area contributed by atoms with Gasteiger partial charge in [0.2, 0.25) is 5.91 Å². The Labute approximate surface area is 230 Å². The van der Waals surface area contributed by atoms with Gasteiger partial charge in [0.05, 0.1) is 0 Å². The van der Waals surface area contributed by atoms with Crippen LogP contribution in [0.25, 0.3) is 0 Å². The van der Waals surface area contributed by atoms with E-state index in [0.29, 0.717) is 34.3 Å². The molecule has 0 radical (unpaired) electrons. The lowest BCUT2D eigenvalue weighted by Crippen LogP contribution is -2.51. The minimum absolute atomic E-state index is 0.0632. The van der Waals surface area contributed by atoms with Crippen LogP contribution >= 0.6 is 39.1 Å². The molecule has 0 spiro atoms. The van der Waals surface area contributed by atoms with Gasteiger partial charge in [0.15, 0.2) is 6.61 Å². The van der Waals surface area contributed by atoms with Crippen LogP contribution in [-0.4, -0.2) is 35.9 Å². The van der Waals surface area contributed by atoms with E-state index in [0.717, 1.165) is 21.2 Å². The summed E-state index contributed by atoms with van der Waals surface area (Å²) in [5.41, 5.74) is 3.51. The second-order valence-electron chi connectivity index (χ2n) is 8.48. The average Bonchev–Trinajstić information content (AvgIpc) is 2.85. The maximum absolute atomic E-state index is 13.6. The van der Waals surface area contributed by atoms with Crippen molar-refractivity contribution in [2.45, 2.75) is 39.8 Å². The number of aryl methyl sites for hydroxylation is 2. The van der Waals surface area contributed by atoms with Crippen LogP contribution in [0.5, 0.6) is 5.75 Å². The van der Waals surface area contributed by atoms with Gasteiger partial charge in [-0.1, -0.05) is 75.5 Å². The molecule has 0 heterocycles. The topological polar surface area (TPSA) is 58.6 Å². The zero-order valence-corrected chi connectivity index (χ0v) is 23.6. The van der Waals surface area contributed by atoms with E-state index >= 15 is 0 Å². The van der Waals surface area contributed by atoms with Crippen LogP contribution in [0.2, 0.25) is 10.0 Å². The first-order valence-electron chi connectivity index (χ1n) is 11.6. The Bertz CT molecular complexity index is 1180. The molecule has 1 unspecified atom stereocenters. The first-order valence-corrected chi connectivity index (χ1v) is 13.2. The fraction of sp³-hybridized carbons (Fsp3) is 0.286. The number of rotatable bonds is 10. The number of halogens is 3. The summed E-state index contributed by atoms with van der Waals surface area (Å²) in [4.78, 5) is 28.4. The van der Waals surface area contributed by atoms with Gasteiger partial charge in [-0.15, -0.1) is 0 Å². The number of likely N-dealkylation sites (N-methyl/N-ethyl adjacent to an activating group) is 1. The standard InChI is InChI=1S/C28H29BrCl2N2O3/c1-4-32-28(35)25(15-20-9-6-5-7-10-20)33(16-22-23(30)11-8-12-24(22)31)26(34)17-36-21-13-18(2)27(29)19(3)14-21/h5-14,25H,4,15-17H2,1-3H3,(H,32,35). The highest BCUT2D eigenvalue weighted by Crippen LogP contribution is 2.28. The normalized spacial score (nSPS) is 11.6. The zero-order chi connectivity index (χ0) is 26.2. The molecule has 2 amide bonds. The summed E-state index contributed by atoms with van der Waals surface area (Å²) in [6, 6.07) is 17.7. The molecule has 36 heavy (non-hydrogen) atoms. The molecule has 190 valence electrons. The molecule has 1 atom stereocenters. The van der Waals surface area contributed by atoms with Crippen molar-refractivity contribution in [1.82, 2.24) is 10.2 Å². The summed E-state index contributed by atoms with van der Waals surface area (Å²) in [7, 11) is 0. The number of nitrogens with one attached hydrogen (secondary N) is 1. The lowest BCUT2D eigenvalue weighted by Gasteiger charge is -2.32. The van der Waals surface area contributed by atoms with Gasteiger partial charge in [-0.2, -0.15) is 0 Å². The van der Waals surface area contributed by atoms with Crippen LogP contribution < -0.4 is 10.1 Å². The molecule has 1 N–H and O–H groups in total. The summed E-state index contributed by atoms with van der Waals surface area (Å²) < 4.78 is 6.89. The number of hydrogen-bond donors (Lipinski definition) is 1. The highest BCUT2D eigenvalue weighted by molar-refractivity contribution is 9.10. The fourth-order valence-corrected chi connectivity index (χ4v) is 4.66. The highest BCUT2D eigenvalue weighted by atomic mass is 79.9. The van der Waals surface area contributed by atoms with E-state index in [4.69, 9.17) is 27.9 Å². The van der Waals surface area contributed by atoms with Gasteiger partial charge in [0.1, 0.15) is 11.8 Å². The minimum Gasteiger partial charge on any atom is -0.484 e. The number of amides is 2. The van der Waals surface area contributed by atoms with Crippen molar-refractivity contribution in [3.8, 4) is 5.75 Å². The number of carbonyl (C=O) groups is 2. The summed E-state index contributed by atoms with van der Waals surface area (Å²) in [5, 5.41) is 3.72. The highest BCUT2D eigenvalue weighted by Gasteiger charge is 2.31. The maximum Gasteiger partial charge on any atom is 0.261 e. The van der Waals surface area contributed by atoms with Crippen LogP contribution in [0, 0.1) is 13.8 Å². The van der Waals surface area contributed by atoms with Crippen molar-refractivity contribution in [2.75, 3.05) is 13.2 Å². The molecule has 0 aliphatic heterocycles. The van der Waals surface area contributed by atoms with Crippen molar-refractivity contribution >= 4 is 50.9 Å². The fourth-order valence-electron chi connectivity index (χ4n) is 3.92. The molecule has 0 bridgehead atoms. The molecule has 8 heteroatoms. The molecular weight excluding hydrogens is 563 g/mol. The van der Waals surface area contributed by atoms with Crippen molar-refractivity contribution in [3.05, 3.63) is 97.4 Å². The van der Waals surface area contributed by atoms with Crippen LogP contribution in [0.1, 0.15) is 29.2 Å². The van der Waals surface area contributed by atoms with Crippen molar-refractivity contribution in [3.63, 3.8) is 0 Å². The lowest BCUT2D eigenvalue weighted by atomic mass is 10.0. The molecule has 3 rings (SSSR count). The van der Waals surface area contributed by atoms with Crippen LogP contribution in [-0.2, 0) is 22.6 Å². The smallest absolute Gasteiger partial charge is 0.261 e. The van der Waals surface area contributed by atoms with Crippen molar-refractivity contribution in [2.24, 2.45) is 0 Å². The Morgan fingerprint density at radius 1 is 1.00 bits per heavy atom. The minimum atomic E-state index is -0.788. The molecular formula is C28H29BrCl2N2O3. The molecule has 0 fully saturated rings. The van der Waals surface area contributed by atoms with Gasteiger partial charge in [-0.05, 0) is 61.7 Å². The summed E-state index contributed by atoms with van der Waals surface area (Å²) >= 11 is 16.4. The number of hydrogen-bond acceptors (Lipinski definition) is 3. The van der Waals surface area contributed by atoms with E-state index in [1.807, 2.05) is 63.2 Å². The lowest BCUT2D eigenvalue weighted by molar-refractivity contribution is -0.142. The molecule has 0 saturated carbocycles. The first kappa shape index (κ1) is 28.0. The Morgan fingerprint density at radius 2 is 1.61 bits per heavy atom. The number of benzene rings is 3. The van der Waals surface area contributed by atoms with Gasteiger partial charge >= 0.3 is 0 Å². The molecule has 5 nitrogen and oxygen atoms in total. The molecule has 0 aliphatic carbocycles. The third-order valence-electron chi connectivity index (χ3n) is 5.78. The monoisotopic (exact) mass is 590 g/mol. The number of nitrogens with zero attached hydrogens (tertiary/aromatic N) is 1. The zero-order valence-electron chi connectivity index (χ0n) is 20.5. The maximum atomic E-state index is 13.6. The Kier molecular flexibility index (Phi) is 10.2. The third-order valence-corrected chi connectivity index (χ3v) is 7.74. The average molecular weight is 592 g/mol. The van der Waals surface area contributed by atoms with Crippen LogP contribution in [0.15, 0.2) is 65.1 Å². The molecule has 0 aromatic heterocycles. The molecule has 0 aliphatic rings. The first-order chi connectivity index (χ1) is 17.2. The molecule has 3 aromatic carbocycles. The van der Waals surface area contributed by atoms with Crippen molar-refractivity contribution in [1.29, 1.82) is 0 Å². The Balaban J connectivity index is 1.95. The third kappa shape index (κ3) is 7.25. The van der Waals surface area contributed by atoms with Crippen LogP contribution in [0.4, 0.5) is 0 Å². The largest absolute Gasteiger partial charge is 0.484 e. The van der Waals surface area contributed by atoms with Gasteiger partial charge in [-0.25, -0.2) is 0 Å². The summed E-state index contributed by atoms with van der Waals surface area (Å²) in [5.74, 6) is -0.0282. The van der Waals surface area contributed by atoms with E-state index in [1.54, 1.807) is 18.2 Å². The predicted octanol–water partition coefficient (Wildman–Crippen LogP) is 6.53. The second-order valence-corrected chi connectivity index (χ2v) is 10.1. The van der Waals surface area contributed by atoms with Gasteiger partial charge < -0.3 is 15.0 Å². The summed E-state index contributed by atoms with van der Waals surface area (Å²) in [6.07, 6.45) is 0.330. The second kappa shape index (κ2) is 13.1. The van der Waals surface area contributed by atoms with E-state index in [9.17, 15) is 9.59 Å². The van der Waals surface area contributed by atoms with E-state index in [1.165, 1.54) is 4.90 Å². The van der Waals surface area contributed by atoms with Crippen LogP contribution in [0.3, 0.4) is 0 Å². The molecule has 3 aromatic rings. The van der Waals surface area contributed by atoms with Gasteiger partial charge in [0, 0.05) is 39.6 Å². The number of ether oxygens (including phenoxy) is 1. The summed E-state index contributed by atoms with van der Waals surface area (Å²) in [6.45, 7) is 6.02. The predicted molar refractivity (Wildman–Crippen MR) is 149 cm³/mol. The van der Waals surface area contributed by atoms with E-state index in [2.05, 4.69) is 21.2 Å². The Hall–Kier alpha value is -2.54. The SMILES string of the molecule is CCNC(=O)C(Cc1ccccc1)N(Cc1c(Cl)cccc1Cl)C(=O)COc1cc(C)c(Br)c(C)c1. The van der Waals surface area contributed by atoms with E-state index < -0.39 is 6.04 Å². The number of carbonyl (C=O) groups excluding carboxylic acids is 2. The van der Waals surface area contributed by atoms with Crippen molar-refractivity contribution < 1.29 is 14.3 Å². The van der Waals surface area contributed by atoms with Gasteiger partial charge in [0.25, 0.3) is 5.91 Å².